The summed E-state index contributed by atoms with van der Waals surface area (Å²) in [6, 6.07) is 0.561. The van der Waals surface area contributed by atoms with Crippen molar-refractivity contribution < 1.29 is 4.74 Å². The van der Waals surface area contributed by atoms with Crippen LogP contribution >= 0.6 is 0 Å². The third-order valence-corrected chi connectivity index (χ3v) is 4.12. The molecule has 0 aromatic carbocycles. The second-order valence-corrected chi connectivity index (χ2v) is 5.11. The Kier molecular flexibility index (Phi) is 4.00. The van der Waals surface area contributed by atoms with Gasteiger partial charge in [-0.1, -0.05) is 6.42 Å². The molecule has 1 unspecified atom stereocenters. The summed E-state index contributed by atoms with van der Waals surface area (Å²) < 4.78 is 5.57. The number of rotatable bonds is 6. The van der Waals surface area contributed by atoms with E-state index in [1.54, 1.807) is 0 Å². The van der Waals surface area contributed by atoms with E-state index in [4.69, 9.17) is 10.6 Å². The lowest BCUT2D eigenvalue weighted by Crippen LogP contribution is -2.46. The van der Waals surface area contributed by atoms with Crippen molar-refractivity contribution in [2.24, 2.45) is 17.7 Å². The molecule has 0 aromatic rings. The van der Waals surface area contributed by atoms with Crippen LogP contribution in [0.2, 0.25) is 0 Å². The van der Waals surface area contributed by atoms with Crippen LogP contribution in [0.4, 0.5) is 0 Å². The van der Waals surface area contributed by atoms with E-state index in [0.717, 1.165) is 18.4 Å². The average molecular weight is 212 g/mol. The van der Waals surface area contributed by atoms with Crippen LogP contribution in [-0.4, -0.2) is 18.8 Å². The van der Waals surface area contributed by atoms with E-state index < -0.39 is 0 Å². The van der Waals surface area contributed by atoms with Gasteiger partial charge in [-0.15, -0.1) is 0 Å². The monoisotopic (exact) mass is 212 g/mol. The molecule has 88 valence electrons. The quantitative estimate of drug-likeness (QED) is 0.521. The first-order valence-electron chi connectivity index (χ1n) is 6.41. The van der Waals surface area contributed by atoms with Crippen molar-refractivity contribution in [3.05, 3.63) is 0 Å². The first-order valence-corrected chi connectivity index (χ1v) is 6.41. The maximum Gasteiger partial charge on any atom is 0.0580 e. The van der Waals surface area contributed by atoms with Crippen LogP contribution in [0.15, 0.2) is 0 Å². The van der Waals surface area contributed by atoms with Crippen molar-refractivity contribution in [2.45, 2.75) is 57.6 Å². The van der Waals surface area contributed by atoms with Gasteiger partial charge in [-0.05, 0) is 50.9 Å². The summed E-state index contributed by atoms with van der Waals surface area (Å²) in [6.45, 7) is 2.94. The molecule has 0 amide bonds. The van der Waals surface area contributed by atoms with Gasteiger partial charge in [0.2, 0.25) is 0 Å². The van der Waals surface area contributed by atoms with Crippen molar-refractivity contribution >= 4 is 0 Å². The smallest absolute Gasteiger partial charge is 0.0580 e. The van der Waals surface area contributed by atoms with Gasteiger partial charge in [0.1, 0.15) is 0 Å². The molecule has 3 N–H and O–H groups in total. The number of hydrazine groups is 1. The Labute approximate surface area is 92.7 Å². The van der Waals surface area contributed by atoms with E-state index in [-0.39, 0.29) is 0 Å². The molecule has 0 aromatic heterocycles. The summed E-state index contributed by atoms with van der Waals surface area (Å²) in [6.07, 6.45) is 8.43. The van der Waals surface area contributed by atoms with Crippen molar-refractivity contribution in [3.63, 3.8) is 0 Å². The van der Waals surface area contributed by atoms with Gasteiger partial charge < -0.3 is 4.74 Å². The van der Waals surface area contributed by atoms with Gasteiger partial charge in [-0.25, -0.2) is 0 Å². The molecule has 2 aliphatic carbocycles. The number of hydrogen-bond acceptors (Lipinski definition) is 3. The van der Waals surface area contributed by atoms with E-state index in [1.807, 2.05) is 0 Å². The van der Waals surface area contributed by atoms with E-state index in [9.17, 15) is 0 Å². The second-order valence-electron chi connectivity index (χ2n) is 5.11. The summed E-state index contributed by atoms with van der Waals surface area (Å²) in [5.74, 6) is 7.32. The van der Waals surface area contributed by atoms with Crippen molar-refractivity contribution in [1.82, 2.24) is 5.43 Å². The van der Waals surface area contributed by atoms with Crippen LogP contribution in [0.5, 0.6) is 0 Å². The first kappa shape index (κ1) is 11.4. The highest BCUT2D eigenvalue weighted by molar-refractivity contribution is 4.88. The minimum absolute atomic E-state index is 0.541. The Bertz CT molecular complexity index is 188. The summed E-state index contributed by atoms with van der Waals surface area (Å²) in [4.78, 5) is 0. The van der Waals surface area contributed by atoms with Crippen LogP contribution in [0.3, 0.4) is 0 Å². The summed E-state index contributed by atoms with van der Waals surface area (Å²) in [7, 11) is 0. The second kappa shape index (κ2) is 5.28. The van der Waals surface area contributed by atoms with Gasteiger partial charge >= 0.3 is 0 Å². The fourth-order valence-electron chi connectivity index (χ4n) is 2.84. The number of nitrogens with two attached hydrogens (primary N) is 1. The first-order chi connectivity index (χ1) is 7.33. The molecule has 2 fully saturated rings. The maximum atomic E-state index is 5.62. The molecule has 3 heteroatoms. The lowest BCUT2D eigenvalue weighted by Gasteiger charge is -2.40. The predicted octanol–water partition coefficient (Wildman–Crippen LogP) is 1.82. The molecule has 15 heavy (non-hydrogen) atoms. The SMILES string of the molecule is CCOC1CC(CC(NN)C2CCC2)C1. The molecule has 2 aliphatic rings. The zero-order valence-electron chi connectivity index (χ0n) is 9.74. The van der Waals surface area contributed by atoms with Gasteiger partial charge in [0.15, 0.2) is 0 Å². The summed E-state index contributed by atoms with van der Waals surface area (Å²) in [5.41, 5.74) is 3.01. The largest absolute Gasteiger partial charge is 0.378 e. The van der Waals surface area contributed by atoms with E-state index >= 15 is 0 Å². The maximum absolute atomic E-state index is 5.62. The van der Waals surface area contributed by atoms with Crippen molar-refractivity contribution in [3.8, 4) is 0 Å². The molecule has 1 atom stereocenters. The average Bonchev–Trinajstić information content (AvgIpc) is 2.10. The molecule has 0 aliphatic heterocycles. The molecular formula is C12H24N2O. The van der Waals surface area contributed by atoms with Crippen LogP contribution < -0.4 is 11.3 Å². The Balaban J connectivity index is 1.64. The Hall–Kier alpha value is -0.120. The molecular weight excluding hydrogens is 188 g/mol. The van der Waals surface area contributed by atoms with Gasteiger partial charge in [0.05, 0.1) is 6.10 Å². The number of ether oxygens (including phenoxy) is 1. The van der Waals surface area contributed by atoms with E-state index in [1.165, 1.54) is 38.5 Å². The fraction of sp³-hybridized carbons (Fsp3) is 1.00. The normalized spacial score (nSPS) is 33.2. The fourth-order valence-corrected chi connectivity index (χ4v) is 2.84. The third kappa shape index (κ3) is 2.71. The third-order valence-electron chi connectivity index (χ3n) is 4.12. The molecule has 0 radical (unpaired) electrons. The predicted molar refractivity (Wildman–Crippen MR) is 61.2 cm³/mol. The summed E-state index contributed by atoms with van der Waals surface area (Å²) >= 11 is 0. The Morgan fingerprint density at radius 3 is 2.60 bits per heavy atom. The van der Waals surface area contributed by atoms with Gasteiger partial charge in [-0.3, -0.25) is 11.3 Å². The van der Waals surface area contributed by atoms with Crippen molar-refractivity contribution in [1.29, 1.82) is 0 Å². The highest BCUT2D eigenvalue weighted by Gasteiger charge is 2.34. The zero-order chi connectivity index (χ0) is 10.7. The minimum Gasteiger partial charge on any atom is -0.378 e. The highest BCUT2D eigenvalue weighted by atomic mass is 16.5. The number of hydrogen-bond donors (Lipinski definition) is 2. The molecule has 0 bridgehead atoms. The molecule has 2 saturated carbocycles. The molecule has 3 nitrogen and oxygen atoms in total. The molecule has 0 saturated heterocycles. The lowest BCUT2D eigenvalue weighted by molar-refractivity contribution is -0.0321. The van der Waals surface area contributed by atoms with Crippen LogP contribution in [0.25, 0.3) is 0 Å². The lowest BCUT2D eigenvalue weighted by atomic mass is 9.72. The van der Waals surface area contributed by atoms with Crippen LogP contribution in [0, 0.1) is 11.8 Å². The number of nitrogens with one attached hydrogen (secondary N) is 1. The van der Waals surface area contributed by atoms with Crippen LogP contribution in [-0.2, 0) is 4.74 Å². The molecule has 2 rings (SSSR count). The van der Waals surface area contributed by atoms with Gasteiger partial charge in [-0.2, -0.15) is 0 Å². The Morgan fingerprint density at radius 2 is 2.13 bits per heavy atom. The van der Waals surface area contributed by atoms with E-state index in [0.29, 0.717) is 12.1 Å². The zero-order valence-corrected chi connectivity index (χ0v) is 9.74. The standard InChI is InChI=1S/C12H24N2O/c1-2-15-11-6-9(7-11)8-12(14-13)10-4-3-5-10/h9-12,14H,2-8,13H2,1H3. The molecule has 0 spiro atoms. The van der Waals surface area contributed by atoms with Crippen molar-refractivity contribution in [2.75, 3.05) is 6.61 Å². The molecule has 0 heterocycles. The van der Waals surface area contributed by atoms with E-state index in [2.05, 4.69) is 12.3 Å². The van der Waals surface area contributed by atoms with Gasteiger partial charge in [0, 0.05) is 12.6 Å². The Morgan fingerprint density at radius 1 is 1.40 bits per heavy atom. The van der Waals surface area contributed by atoms with Crippen LogP contribution in [0.1, 0.15) is 45.4 Å². The highest BCUT2D eigenvalue weighted by Crippen LogP contribution is 2.38. The van der Waals surface area contributed by atoms with Gasteiger partial charge in [0.25, 0.3) is 0 Å². The minimum atomic E-state index is 0.541. The topological polar surface area (TPSA) is 47.3 Å². The summed E-state index contributed by atoms with van der Waals surface area (Å²) in [5, 5.41) is 0.